The highest BCUT2D eigenvalue weighted by atomic mass is 32.1. The van der Waals surface area contributed by atoms with E-state index >= 15 is 0 Å². The largest absolute Gasteiger partial charge is 0.318 e. The van der Waals surface area contributed by atoms with Gasteiger partial charge in [0.1, 0.15) is 0 Å². The van der Waals surface area contributed by atoms with E-state index in [1.54, 1.807) is 0 Å². The number of nitro groups is 1. The fraction of sp³-hybridized carbons (Fsp3) is 0.0714. The summed E-state index contributed by atoms with van der Waals surface area (Å²) in [5.41, 5.74) is 1.61. The third kappa shape index (κ3) is 2.77. The van der Waals surface area contributed by atoms with E-state index in [0.29, 0.717) is 5.69 Å². The Bertz CT molecular complexity index is 924. The third-order valence-electron chi connectivity index (χ3n) is 3.07. The van der Waals surface area contributed by atoms with Crippen LogP contribution >= 0.6 is 11.3 Å². The Kier molecular flexibility index (Phi) is 3.75. The quantitative estimate of drug-likeness (QED) is 0.419. The Morgan fingerprint density at radius 1 is 1.14 bits per heavy atom. The molecule has 8 heteroatoms. The van der Waals surface area contributed by atoms with E-state index in [1.165, 1.54) is 35.6 Å². The van der Waals surface area contributed by atoms with Crippen molar-refractivity contribution in [1.29, 1.82) is 0 Å². The molecule has 0 atom stereocenters. The second-order valence-electron chi connectivity index (χ2n) is 4.47. The molecule has 0 spiro atoms. The molecule has 0 radical (unpaired) electrons. The van der Waals surface area contributed by atoms with Crippen LogP contribution in [0.4, 0.5) is 11.4 Å². The van der Waals surface area contributed by atoms with Crippen molar-refractivity contribution in [3.63, 3.8) is 0 Å². The maximum atomic E-state index is 10.6. The number of rotatable bonds is 3. The fourth-order valence-corrected chi connectivity index (χ4v) is 2.90. The maximum Gasteiger partial charge on any atom is 0.269 e. The van der Waals surface area contributed by atoms with Gasteiger partial charge in [0.2, 0.25) is 4.80 Å². The first kappa shape index (κ1) is 14.1. The second-order valence-corrected chi connectivity index (χ2v) is 5.48. The molecule has 2 aromatic carbocycles. The second kappa shape index (κ2) is 5.86. The van der Waals surface area contributed by atoms with Gasteiger partial charge in [-0.05, 0) is 29.5 Å². The highest BCUT2D eigenvalue weighted by Crippen LogP contribution is 2.18. The zero-order valence-corrected chi connectivity index (χ0v) is 12.4. The molecule has 0 saturated carbocycles. The molecule has 7 nitrogen and oxygen atoms in total. The first-order valence-electron chi connectivity index (χ1n) is 6.39. The van der Waals surface area contributed by atoms with E-state index in [-0.39, 0.29) is 5.69 Å². The topological polar surface area (TPSA) is 85.1 Å². The van der Waals surface area contributed by atoms with E-state index in [9.17, 15) is 10.1 Å². The van der Waals surface area contributed by atoms with Gasteiger partial charge in [-0.2, -0.15) is 0 Å². The number of thiazole rings is 1. The van der Waals surface area contributed by atoms with Gasteiger partial charge in [0, 0.05) is 19.2 Å². The van der Waals surface area contributed by atoms with Crippen molar-refractivity contribution in [3.05, 3.63) is 63.4 Å². The Labute approximate surface area is 129 Å². The maximum absolute atomic E-state index is 10.6. The van der Waals surface area contributed by atoms with Crippen molar-refractivity contribution in [2.75, 3.05) is 0 Å². The molecule has 0 bridgehead atoms. The molecule has 3 aromatic rings. The van der Waals surface area contributed by atoms with Crippen molar-refractivity contribution in [2.45, 2.75) is 0 Å². The van der Waals surface area contributed by atoms with Crippen molar-refractivity contribution in [1.82, 2.24) is 4.57 Å². The summed E-state index contributed by atoms with van der Waals surface area (Å²) in [7, 11) is 1.92. The van der Waals surface area contributed by atoms with Crippen LogP contribution in [-0.4, -0.2) is 9.49 Å². The van der Waals surface area contributed by atoms with Crippen LogP contribution in [-0.2, 0) is 7.05 Å². The minimum absolute atomic E-state index is 0.0202. The number of nitrogens with zero attached hydrogens (tertiary/aromatic N) is 5. The Balaban J connectivity index is 1.88. The van der Waals surface area contributed by atoms with Crippen molar-refractivity contribution >= 4 is 32.9 Å². The van der Waals surface area contributed by atoms with Crippen LogP contribution in [0.1, 0.15) is 0 Å². The van der Waals surface area contributed by atoms with E-state index in [0.717, 1.165) is 15.0 Å². The van der Waals surface area contributed by atoms with Crippen LogP contribution in [0.25, 0.3) is 10.2 Å². The first-order chi connectivity index (χ1) is 10.6. The zero-order valence-electron chi connectivity index (χ0n) is 11.6. The smallest absolute Gasteiger partial charge is 0.269 e. The lowest BCUT2D eigenvalue weighted by atomic mass is 10.3. The van der Waals surface area contributed by atoms with Crippen LogP contribution in [0.5, 0.6) is 0 Å². The number of fused-ring (bicyclic) bond motifs is 1. The molecule has 3 rings (SSSR count). The minimum Gasteiger partial charge on any atom is -0.318 e. The number of benzene rings is 2. The van der Waals surface area contributed by atoms with Crippen LogP contribution < -0.4 is 4.80 Å². The monoisotopic (exact) mass is 313 g/mol. The Hall–Kier alpha value is -2.87. The lowest BCUT2D eigenvalue weighted by molar-refractivity contribution is -0.384. The number of aryl methyl sites for hydroxylation is 1. The molecule has 0 aliphatic heterocycles. The predicted molar refractivity (Wildman–Crippen MR) is 84.0 cm³/mol. The van der Waals surface area contributed by atoms with Crippen LogP contribution in [0.15, 0.2) is 64.0 Å². The Morgan fingerprint density at radius 2 is 1.86 bits per heavy atom. The van der Waals surface area contributed by atoms with E-state index < -0.39 is 4.92 Å². The summed E-state index contributed by atoms with van der Waals surface area (Å²) in [6.07, 6.45) is 0. The number of para-hydroxylation sites is 1. The normalized spacial score (nSPS) is 12.3. The van der Waals surface area contributed by atoms with Gasteiger partial charge in [-0.25, -0.2) is 0 Å². The van der Waals surface area contributed by atoms with Crippen molar-refractivity contribution in [3.8, 4) is 0 Å². The Morgan fingerprint density at radius 3 is 2.55 bits per heavy atom. The van der Waals surface area contributed by atoms with Gasteiger partial charge in [0.25, 0.3) is 5.69 Å². The van der Waals surface area contributed by atoms with Gasteiger partial charge in [0.05, 0.1) is 20.8 Å². The molecule has 1 heterocycles. The molecular weight excluding hydrogens is 302 g/mol. The summed E-state index contributed by atoms with van der Waals surface area (Å²) >= 11 is 1.52. The van der Waals surface area contributed by atoms with Gasteiger partial charge in [0.15, 0.2) is 0 Å². The van der Waals surface area contributed by atoms with Crippen molar-refractivity contribution < 1.29 is 4.92 Å². The summed E-state index contributed by atoms with van der Waals surface area (Å²) in [6.45, 7) is 0. The number of hydrogen-bond donors (Lipinski definition) is 0. The lowest BCUT2D eigenvalue weighted by Crippen LogP contribution is -2.08. The molecule has 0 saturated heterocycles. The van der Waals surface area contributed by atoms with Crippen LogP contribution in [0, 0.1) is 10.1 Å². The molecular formula is C14H11N5O2S. The summed E-state index contributed by atoms with van der Waals surface area (Å²) in [5, 5.41) is 22.4. The van der Waals surface area contributed by atoms with Crippen LogP contribution in [0.3, 0.4) is 0 Å². The third-order valence-corrected chi connectivity index (χ3v) is 4.17. The number of aromatic nitrogens is 1. The van der Waals surface area contributed by atoms with Crippen molar-refractivity contribution in [2.24, 2.45) is 22.5 Å². The molecule has 0 unspecified atom stereocenters. The lowest BCUT2D eigenvalue weighted by Gasteiger charge is -1.92. The molecule has 0 amide bonds. The highest BCUT2D eigenvalue weighted by Gasteiger charge is 2.03. The van der Waals surface area contributed by atoms with E-state index in [2.05, 4.69) is 15.4 Å². The van der Waals surface area contributed by atoms with Gasteiger partial charge in [-0.3, -0.25) is 10.1 Å². The molecule has 0 aliphatic carbocycles. The molecule has 110 valence electrons. The SMILES string of the molecule is Cn1c(=NN=Nc2ccc([N+](=O)[O-])cc2)sc2ccccc21. The molecule has 0 N–H and O–H groups in total. The summed E-state index contributed by atoms with van der Waals surface area (Å²) in [4.78, 5) is 10.8. The number of non-ortho nitro benzene ring substituents is 1. The van der Waals surface area contributed by atoms with E-state index in [1.807, 2.05) is 35.9 Å². The standard InChI is InChI=1S/C14H11N5O2S/c1-18-12-4-2-3-5-13(12)22-14(18)16-17-15-10-6-8-11(9-7-10)19(20)21/h2-9H,1H3. The summed E-state index contributed by atoms with van der Waals surface area (Å²) < 4.78 is 3.06. The average Bonchev–Trinajstić information content (AvgIpc) is 2.85. The molecule has 0 fully saturated rings. The average molecular weight is 313 g/mol. The molecule has 1 aromatic heterocycles. The molecule has 0 aliphatic rings. The van der Waals surface area contributed by atoms with Gasteiger partial charge in [-0.15, -0.1) is 10.2 Å². The van der Waals surface area contributed by atoms with Crippen LogP contribution in [0.2, 0.25) is 0 Å². The summed E-state index contributed by atoms with van der Waals surface area (Å²) in [5.74, 6) is 0. The molecule has 22 heavy (non-hydrogen) atoms. The fourth-order valence-electron chi connectivity index (χ4n) is 1.93. The zero-order chi connectivity index (χ0) is 15.5. The van der Waals surface area contributed by atoms with Gasteiger partial charge in [-0.1, -0.05) is 23.5 Å². The number of nitro benzene ring substituents is 1. The highest BCUT2D eigenvalue weighted by molar-refractivity contribution is 7.16. The van der Waals surface area contributed by atoms with E-state index in [4.69, 9.17) is 0 Å². The van der Waals surface area contributed by atoms with Gasteiger partial charge >= 0.3 is 0 Å². The van der Waals surface area contributed by atoms with Gasteiger partial charge < -0.3 is 4.57 Å². The first-order valence-corrected chi connectivity index (χ1v) is 7.20. The number of hydrogen-bond acceptors (Lipinski definition) is 5. The summed E-state index contributed by atoms with van der Waals surface area (Å²) in [6, 6.07) is 13.8. The predicted octanol–water partition coefficient (Wildman–Crippen LogP) is 3.75. The minimum atomic E-state index is -0.456.